The van der Waals surface area contributed by atoms with E-state index in [1.807, 2.05) is 25.1 Å². The van der Waals surface area contributed by atoms with Gasteiger partial charge in [-0.1, -0.05) is 29.8 Å². The van der Waals surface area contributed by atoms with Crippen LogP contribution in [0.3, 0.4) is 0 Å². The molecule has 0 radical (unpaired) electrons. The summed E-state index contributed by atoms with van der Waals surface area (Å²) in [5.74, 6) is 0.279. The molecule has 1 unspecified atom stereocenters. The van der Waals surface area contributed by atoms with E-state index in [0.29, 0.717) is 15.8 Å². The normalized spacial score (nSPS) is 12.3. The second-order valence-electron chi connectivity index (χ2n) is 4.73. The predicted molar refractivity (Wildman–Crippen MR) is 87.7 cm³/mol. The minimum absolute atomic E-state index is 0.0822. The van der Waals surface area contributed by atoms with Crippen molar-refractivity contribution in [2.24, 2.45) is 0 Å². The highest BCUT2D eigenvalue weighted by molar-refractivity contribution is 9.10. The average Bonchev–Trinajstić information content (AvgIpc) is 2.48. The van der Waals surface area contributed by atoms with Gasteiger partial charge >= 0.3 is 0 Å². The lowest BCUT2D eigenvalue weighted by Gasteiger charge is -2.21. The fraction of sp³-hybridized carbons (Fsp3) is 0.250. The van der Waals surface area contributed by atoms with Crippen molar-refractivity contribution in [1.82, 2.24) is 5.32 Å². The maximum Gasteiger partial charge on any atom is 0.148 e. The van der Waals surface area contributed by atoms with Crippen molar-refractivity contribution in [2.45, 2.75) is 13.0 Å². The third kappa shape index (κ3) is 3.23. The van der Waals surface area contributed by atoms with Gasteiger partial charge in [-0.25, -0.2) is 4.39 Å². The third-order valence-corrected chi connectivity index (χ3v) is 4.62. The van der Waals surface area contributed by atoms with Gasteiger partial charge in [0.2, 0.25) is 0 Å². The molecule has 2 rings (SSSR count). The van der Waals surface area contributed by atoms with Crippen LogP contribution in [0.5, 0.6) is 5.75 Å². The lowest BCUT2D eigenvalue weighted by molar-refractivity contribution is 0.404. The number of aryl methyl sites for hydroxylation is 1. The SMILES string of the molecule is CNC(c1ccc(C)cc1OC)c1ccc(Br)c(Cl)c1F. The molecule has 0 aliphatic carbocycles. The minimum Gasteiger partial charge on any atom is -0.496 e. The van der Waals surface area contributed by atoms with E-state index in [1.165, 1.54) is 0 Å². The van der Waals surface area contributed by atoms with Crippen LogP contribution in [0.1, 0.15) is 22.7 Å². The molecular weight excluding hydrogens is 357 g/mol. The summed E-state index contributed by atoms with van der Waals surface area (Å²) >= 11 is 9.22. The Bertz CT molecular complexity index is 663. The van der Waals surface area contributed by atoms with Crippen LogP contribution in [0.25, 0.3) is 0 Å². The van der Waals surface area contributed by atoms with E-state index in [1.54, 1.807) is 26.3 Å². The molecular formula is C16H16BrClFNO. The topological polar surface area (TPSA) is 21.3 Å². The van der Waals surface area contributed by atoms with Gasteiger partial charge in [-0.2, -0.15) is 0 Å². The zero-order valence-electron chi connectivity index (χ0n) is 12.0. The number of rotatable bonds is 4. The lowest BCUT2D eigenvalue weighted by atomic mass is 9.96. The number of nitrogens with one attached hydrogen (secondary N) is 1. The van der Waals surface area contributed by atoms with E-state index < -0.39 is 5.82 Å². The molecule has 0 heterocycles. The highest BCUT2D eigenvalue weighted by Crippen LogP contribution is 2.36. The van der Waals surface area contributed by atoms with E-state index in [-0.39, 0.29) is 11.1 Å². The quantitative estimate of drug-likeness (QED) is 0.773. The molecule has 0 saturated carbocycles. The minimum atomic E-state index is -0.437. The van der Waals surface area contributed by atoms with Crippen LogP contribution >= 0.6 is 27.5 Å². The Labute approximate surface area is 137 Å². The Kier molecular flexibility index (Phi) is 5.25. The molecule has 0 fully saturated rings. The van der Waals surface area contributed by atoms with Gasteiger partial charge in [-0.05, 0) is 47.6 Å². The highest BCUT2D eigenvalue weighted by Gasteiger charge is 2.22. The first-order valence-corrected chi connectivity index (χ1v) is 7.62. The zero-order valence-corrected chi connectivity index (χ0v) is 14.3. The number of ether oxygens (including phenoxy) is 1. The Balaban J connectivity index is 2.57. The molecule has 1 atom stereocenters. The van der Waals surface area contributed by atoms with Crippen LogP contribution in [-0.4, -0.2) is 14.2 Å². The molecule has 0 aliphatic rings. The van der Waals surface area contributed by atoms with Gasteiger partial charge in [0.25, 0.3) is 0 Å². The summed E-state index contributed by atoms with van der Waals surface area (Å²) in [4.78, 5) is 0. The van der Waals surface area contributed by atoms with Crippen LogP contribution in [0.2, 0.25) is 5.02 Å². The van der Waals surface area contributed by atoms with Gasteiger partial charge in [-0.3, -0.25) is 0 Å². The average molecular weight is 373 g/mol. The van der Waals surface area contributed by atoms with Gasteiger partial charge in [0.05, 0.1) is 18.2 Å². The summed E-state index contributed by atoms with van der Waals surface area (Å²) < 4.78 is 20.4. The summed E-state index contributed by atoms with van der Waals surface area (Å²) in [6.07, 6.45) is 0. The van der Waals surface area contributed by atoms with Gasteiger partial charge in [0, 0.05) is 15.6 Å². The van der Waals surface area contributed by atoms with Gasteiger partial charge < -0.3 is 10.1 Å². The fourth-order valence-corrected chi connectivity index (χ4v) is 2.78. The van der Waals surface area contributed by atoms with Gasteiger partial charge in [0.1, 0.15) is 11.6 Å². The molecule has 0 aromatic heterocycles. The monoisotopic (exact) mass is 371 g/mol. The number of methoxy groups -OCH3 is 1. The fourth-order valence-electron chi connectivity index (χ4n) is 2.30. The summed E-state index contributed by atoms with van der Waals surface area (Å²) in [6.45, 7) is 1.98. The van der Waals surface area contributed by atoms with Crippen molar-refractivity contribution in [2.75, 3.05) is 14.2 Å². The van der Waals surface area contributed by atoms with Crippen molar-refractivity contribution >= 4 is 27.5 Å². The van der Waals surface area contributed by atoms with Crippen LogP contribution in [0.15, 0.2) is 34.8 Å². The number of halogens is 3. The number of hydrogen-bond donors (Lipinski definition) is 1. The van der Waals surface area contributed by atoms with Gasteiger partial charge in [-0.15, -0.1) is 0 Å². The molecule has 0 spiro atoms. The molecule has 2 nitrogen and oxygen atoms in total. The van der Waals surface area contributed by atoms with Crippen LogP contribution in [0, 0.1) is 12.7 Å². The standard InChI is InChI=1S/C16H16BrClFNO/c1-9-4-5-10(13(8-9)21-3)16(20-2)11-6-7-12(17)14(18)15(11)19/h4-8,16,20H,1-3H3. The Morgan fingerprint density at radius 2 is 1.90 bits per heavy atom. The molecule has 112 valence electrons. The second-order valence-corrected chi connectivity index (χ2v) is 5.96. The molecule has 0 bridgehead atoms. The van der Waals surface area contributed by atoms with E-state index in [9.17, 15) is 4.39 Å². The Morgan fingerprint density at radius 1 is 1.24 bits per heavy atom. The Morgan fingerprint density at radius 3 is 2.52 bits per heavy atom. The summed E-state index contributed by atoms with van der Waals surface area (Å²) in [5, 5.41) is 3.20. The van der Waals surface area contributed by atoms with E-state index >= 15 is 0 Å². The molecule has 1 N–H and O–H groups in total. The van der Waals surface area contributed by atoms with Crippen LogP contribution in [0.4, 0.5) is 4.39 Å². The van der Waals surface area contributed by atoms with Crippen molar-refractivity contribution in [3.8, 4) is 5.75 Å². The molecule has 2 aromatic carbocycles. The maximum absolute atomic E-state index is 14.5. The largest absolute Gasteiger partial charge is 0.496 e. The first-order valence-electron chi connectivity index (χ1n) is 6.44. The summed E-state index contributed by atoms with van der Waals surface area (Å²) in [7, 11) is 3.38. The molecule has 5 heteroatoms. The van der Waals surface area contributed by atoms with Crippen molar-refractivity contribution in [3.05, 3.63) is 62.3 Å². The molecule has 21 heavy (non-hydrogen) atoms. The van der Waals surface area contributed by atoms with E-state index in [4.69, 9.17) is 16.3 Å². The maximum atomic E-state index is 14.5. The summed E-state index contributed by atoms with van der Waals surface area (Å²) in [6, 6.07) is 8.95. The first-order chi connectivity index (χ1) is 9.99. The first kappa shape index (κ1) is 16.3. The predicted octanol–water partition coefficient (Wildman–Crippen LogP) is 4.87. The van der Waals surface area contributed by atoms with Crippen LogP contribution < -0.4 is 10.1 Å². The highest BCUT2D eigenvalue weighted by atomic mass is 79.9. The summed E-state index contributed by atoms with van der Waals surface area (Å²) in [5.41, 5.74) is 2.43. The van der Waals surface area contributed by atoms with E-state index in [0.717, 1.165) is 11.1 Å². The molecule has 0 saturated heterocycles. The lowest BCUT2D eigenvalue weighted by Crippen LogP contribution is -2.20. The number of benzene rings is 2. The zero-order chi connectivity index (χ0) is 15.6. The van der Waals surface area contributed by atoms with E-state index in [2.05, 4.69) is 21.2 Å². The van der Waals surface area contributed by atoms with Crippen molar-refractivity contribution in [3.63, 3.8) is 0 Å². The van der Waals surface area contributed by atoms with Gasteiger partial charge in [0.15, 0.2) is 0 Å². The third-order valence-electron chi connectivity index (χ3n) is 3.36. The van der Waals surface area contributed by atoms with Crippen molar-refractivity contribution < 1.29 is 9.13 Å². The molecule has 2 aromatic rings. The Hall–Kier alpha value is -1.10. The second kappa shape index (κ2) is 6.77. The molecule has 0 aliphatic heterocycles. The number of hydrogen-bond acceptors (Lipinski definition) is 2. The van der Waals surface area contributed by atoms with Crippen LogP contribution in [-0.2, 0) is 0 Å². The molecule has 0 amide bonds. The smallest absolute Gasteiger partial charge is 0.148 e. The van der Waals surface area contributed by atoms with Crippen molar-refractivity contribution in [1.29, 1.82) is 0 Å².